The van der Waals surface area contributed by atoms with Crippen molar-refractivity contribution in [2.24, 2.45) is 0 Å². The van der Waals surface area contributed by atoms with Crippen LogP contribution in [0.15, 0.2) is 36.4 Å². The summed E-state index contributed by atoms with van der Waals surface area (Å²) in [6.45, 7) is 1.53. The van der Waals surface area contributed by atoms with E-state index in [0.29, 0.717) is 31.0 Å². The van der Waals surface area contributed by atoms with Gasteiger partial charge in [0.2, 0.25) is 0 Å². The number of amides is 2. The Bertz CT molecular complexity index is 1150. The number of nitrogens with one attached hydrogen (secondary N) is 2. The Morgan fingerprint density at radius 2 is 1.39 bits per heavy atom. The van der Waals surface area contributed by atoms with Crippen molar-refractivity contribution in [2.45, 2.75) is 12.2 Å². The van der Waals surface area contributed by atoms with Gasteiger partial charge in [0, 0.05) is 27.3 Å². The zero-order valence-corrected chi connectivity index (χ0v) is 22.6. The number of carbonyl (C=O) groups is 2. The van der Waals surface area contributed by atoms with Gasteiger partial charge in [0.05, 0.1) is 48.5 Å². The number of halogens is 2. The molecule has 38 heavy (non-hydrogen) atoms. The summed E-state index contributed by atoms with van der Waals surface area (Å²) in [6, 6.07) is 7.75. The molecule has 0 bridgehead atoms. The Morgan fingerprint density at radius 1 is 0.947 bits per heavy atom. The largest absolute Gasteiger partial charge is 0.442 e. The highest BCUT2D eigenvalue weighted by molar-refractivity contribution is 7.59. The molecule has 4 N–H and O–H groups in total. The Labute approximate surface area is 232 Å². The molecule has 2 aromatic rings. The summed E-state index contributed by atoms with van der Waals surface area (Å²) < 4.78 is 37.0. The maximum Gasteiger partial charge on any atom is 0.410 e. The Morgan fingerprint density at radius 3 is 1.76 bits per heavy atom. The van der Waals surface area contributed by atoms with Gasteiger partial charge in [-0.2, -0.15) is 27.0 Å². The number of likely N-dealkylation sites (N-methyl/N-ethyl adjacent to an activating group) is 2. The van der Waals surface area contributed by atoms with Gasteiger partial charge >= 0.3 is 12.2 Å². The smallest absolute Gasteiger partial charge is 0.410 e. The average molecular weight is 579 g/mol. The molecule has 2 amide bonds. The van der Waals surface area contributed by atoms with Crippen LogP contribution in [0.2, 0.25) is 0 Å². The van der Waals surface area contributed by atoms with E-state index in [4.69, 9.17) is 15.2 Å². The lowest BCUT2D eigenvalue weighted by atomic mass is 10.2. The molecule has 2 aliphatic heterocycles. The van der Waals surface area contributed by atoms with E-state index in [0.717, 1.165) is 6.07 Å². The fraction of sp³-hybridized carbons (Fsp3) is 0.364. The lowest BCUT2D eigenvalue weighted by Crippen LogP contribution is -2.24. The molecule has 2 saturated heterocycles. The molecular formula is C22H32F2N6O6S2. The van der Waals surface area contributed by atoms with Crippen LogP contribution in [0.5, 0.6) is 0 Å². The number of rotatable bonds is 7. The number of nitro groups is 1. The molecule has 2 aliphatic rings. The van der Waals surface area contributed by atoms with Crippen LogP contribution in [0.1, 0.15) is 1.43 Å². The van der Waals surface area contributed by atoms with E-state index in [1.807, 2.05) is 0 Å². The number of ether oxygens (including phenoxy) is 2. The first-order chi connectivity index (χ1) is 17.0. The molecule has 2 aromatic carbocycles. The molecule has 2 atom stereocenters. The number of anilines is 3. The van der Waals surface area contributed by atoms with Gasteiger partial charge in [0.1, 0.15) is 18.0 Å². The predicted molar refractivity (Wildman–Crippen MR) is 150 cm³/mol. The van der Waals surface area contributed by atoms with Crippen LogP contribution in [-0.2, 0) is 9.47 Å². The zero-order chi connectivity index (χ0) is 26.4. The number of carbonyl (C=O) groups excluding carboxylic acids is 2. The number of nitrogens with two attached hydrogens (primary N) is 1. The summed E-state index contributed by atoms with van der Waals surface area (Å²) in [4.78, 5) is 34.9. The normalized spacial score (nSPS) is 17.8. The first kappa shape index (κ1) is 32.4. The van der Waals surface area contributed by atoms with Crippen molar-refractivity contribution >= 4 is 61.9 Å². The number of benzene rings is 2. The SMILES string of the molecule is CN1C[C@H](CNc2ccc(N)cc2F)OC1=O.CN1C[C@H](CNc2ccc([N+](=O)[O-])cc2F)OC1=O.S.S.[HH]. The fourth-order valence-corrected chi connectivity index (χ4v) is 3.40. The Kier molecular flexibility index (Phi) is 12.2. The van der Waals surface area contributed by atoms with Crippen molar-refractivity contribution in [2.75, 3.05) is 56.6 Å². The van der Waals surface area contributed by atoms with Crippen molar-refractivity contribution in [3.8, 4) is 0 Å². The monoisotopic (exact) mass is 578 g/mol. The van der Waals surface area contributed by atoms with Gasteiger partial charge in [-0.3, -0.25) is 10.1 Å². The van der Waals surface area contributed by atoms with Crippen LogP contribution in [-0.4, -0.2) is 79.4 Å². The highest BCUT2D eigenvalue weighted by atomic mass is 32.1. The third kappa shape index (κ3) is 8.72. The number of non-ortho nitro benzene ring substituents is 1. The Balaban J connectivity index is 0.000000691. The van der Waals surface area contributed by atoms with Crippen molar-refractivity contribution in [3.63, 3.8) is 0 Å². The topological polar surface area (TPSA) is 152 Å². The van der Waals surface area contributed by atoms with E-state index in [-0.39, 0.29) is 64.6 Å². The number of hydrogen-bond acceptors (Lipinski definition) is 9. The van der Waals surface area contributed by atoms with Crippen LogP contribution in [0.3, 0.4) is 0 Å². The van der Waals surface area contributed by atoms with Gasteiger partial charge in [0.25, 0.3) is 5.69 Å². The van der Waals surface area contributed by atoms with E-state index in [1.54, 1.807) is 26.2 Å². The van der Waals surface area contributed by atoms with Gasteiger partial charge < -0.3 is 35.6 Å². The number of nitrogens with zero attached hydrogens (tertiary/aromatic N) is 3. The molecular weight excluding hydrogens is 546 g/mol. The van der Waals surface area contributed by atoms with Crippen LogP contribution in [0, 0.1) is 21.7 Å². The molecule has 0 aromatic heterocycles. The second kappa shape index (κ2) is 14.3. The van der Waals surface area contributed by atoms with E-state index in [9.17, 15) is 28.5 Å². The van der Waals surface area contributed by atoms with Gasteiger partial charge in [0.15, 0.2) is 5.82 Å². The zero-order valence-electron chi connectivity index (χ0n) is 20.6. The summed E-state index contributed by atoms with van der Waals surface area (Å²) in [6.07, 6.45) is -1.40. The number of nitro benzene ring substituents is 1. The number of hydrogen-bond donors (Lipinski definition) is 3. The molecule has 12 nitrogen and oxygen atoms in total. The first-order valence-electron chi connectivity index (χ1n) is 10.8. The lowest BCUT2D eigenvalue weighted by molar-refractivity contribution is -0.385. The molecule has 16 heteroatoms. The molecule has 4 rings (SSSR count). The van der Waals surface area contributed by atoms with Crippen molar-refractivity contribution in [1.29, 1.82) is 0 Å². The molecule has 0 aliphatic carbocycles. The van der Waals surface area contributed by atoms with E-state index in [1.165, 1.54) is 28.0 Å². The summed E-state index contributed by atoms with van der Waals surface area (Å²) in [5, 5.41) is 16.1. The molecule has 212 valence electrons. The van der Waals surface area contributed by atoms with Gasteiger partial charge in [-0.05, 0) is 24.3 Å². The van der Waals surface area contributed by atoms with E-state index >= 15 is 0 Å². The van der Waals surface area contributed by atoms with E-state index in [2.05, 4.69) is 10.6 Å². The van der Waals surface area contributed by atoms with Gasteiger partial charge in [-0.15, -0.1) is 0 Å². The molecule has 0 spiro atoms. The lowest BCUT2D eigenvalue weighted by Gasteiger charge is -2.11. The maximum absolute atomic E-state index is 13.6. The predicted octanol–water partition coefficient (Wildman–Crippen LogP) is 3.34. The van der Waals surface area contributed by atoms with Gasteiger partial charge in [-0.25, -0.2) is 18.4 Å². The first-order valence-corrected chi connectivity index (χ1v) is 10.8. The third-order valence-electron chi connectivity index (χ3n) is 5.31. The molecule has 0 saturated carbocycles. The van der Waals surface area contributed by atoms with Crippen LogP contribution < -0.4 is 16.4 Å². The molecule has 0 unspecified atom stereocenters. The van der Waals surface area contributed by atoms with Crippen molar-refractivity contribution in [1.82, 2.24) is 9.80 Å². The summed E-state index contributed by atoms with van der Waals surface area (Å²) in [5.41, 5.74) is 5.99. The van der Waals surface area contributed by atoms with Crippen molar-refractivity contribution < 1.29 is 34.2 Å². The maximum atomic E-state index is 13.6. The second-order valence-electron chi connectivity index (χ2n) is 8.19. The highest BCUT2D eigenvalue weighted by Crippen LogP contribution is 2.21. The van der Waals surface area contributed by atoms with Crippen LogP contribution >= 0.6 is 27.0 Å². The quantitative estimate of drug-likeness (QED) is 0.255. The number of nitrogen functional groups attached to an aromatic ring is 1. The molecule has 2 heterocycles. The number of cyclic esters (lactones) is 2. The average Bonchev–Trinajstić information content (AvgIpc) is 3.32. The minimum atomic E-state index is -0.716. The van der Waals surface area contributed by atoms with E-state index < -0.39 is 22.7 Å². The minimum Gasteiger partial charge on any atom is -0.442 e. The van der Waals surface area contributed by atoms with Crippen LogP contribution in [0.4, 0.5) is 41.1 Å². The Hall–Kier alpha value is -3.66. The minimum absolute atomic E-state index is 0. The molecule has 0 radical (unpaired) electrons. The second-order valence-corrected chi connectivity index (χ2v) is 8.19. The molecule has 2 fully saturated rings. The summed E-state index contributed by atoms with van der Waals surface area (Å²) >= 11 is 0. The van der Waals surface area contributed by atoms with Gasteiger partial charge in [-0.1, -0.05) is 0 Å². The highest BCUT2D eigenvalue weighted by Gasteiger charge is 2.29. The standard InChI is InChI=1S/C11H12FN3O4.C11H14FN3O2.2H2S.H2/c1-14-6-8(19-11(14)16)5-13-10-3-2-7(15(17)18)4-9(10)12;1-15-6-8(17-11(15)16)5-14-10-3-2-7(13)4-9(10)12;;;/h2-4,8,13H,5-6H2,1H3;2-4,8,14H,5-6,13H2,1H3;2*1H2;1H/t2*8-;;;/m00.../s1. The van der Waals surface area contributed by atoms with Crippen LogP contribution in [0.25, 0.3) is 0 Å². The third-order valence-corrected chi connectivity index (χ3v) is 5.31. The summed E-state index contributed by atoms with van der Waals surface area (Å²) in [7, 11) is 3.26. The van der Waals surface area contributed by atoms with Crippen molar-refractivity contribution in [3.05, 3.63) is 58.1 Å². The fourth-order valence-electron chi connectivity index (χ4n) is 3.40. The summed E-state index contributed by atoms with van der Waals surface area (Å²) in [5.74, 6) is -1.13.